The Labute approximate surface area is 102 Å². The number of hydrogen-bond acceptors (Lipinski definition) is 4. The van der Waals surface area contributed by atoms with Crippen molar-refractivity contribution in [3.8, 4) is 0 Å². The monoisotopic (exact) mass is 246 g/mol. The average molecular weight is 246 g/mol. The predicted octanol–water partition coefficient (Wildman–Crippen LogP) is 0.610. The third-order valence-electron chi connectivity index (χ3n) is 2.59. The van der Waals surface area contributed by atoms with E-state index in [4.69, 9.17) is 10.5 Å². The van der Waals surface area contributed by atoms with Crippen molar-refractivity contribution in [1.29, 1.82) is 0 Å². The molecular formula is C11H22N2O2S. The first-order chi connectivity index (χ1) is 7.72. The zero-order chi connectivity index (χ0) is 11.8. The Hall–Kier alpha value is -0.260. The van der Waals surface area contributed by atoms with E-state index < -0.39 is 0 Å². The van der Waals surface area contributed by atoms with Gasteiger partial charge in [0.25, 0.3) is 0 Å². The highest BCUT2D eigenvalue weighted by Gasteiger charge is 2.15. The van der Waals surface area contributed by atoms with Crippen molar-refractivity contribution in [2.45, 2.75) is 25.9 Å². The Morgan fingerprint density at radius 1 is 1.69 bits per heavy atom. The molecule has 5 heteroatoms. The molecule has 0 aromatic rings. The van der Waals surface area contributed by atoms with Gasteiger partial charge in [0.2, 0.25) is 5.91 Å². The van der Waals surface area contributed by atoms with E-state index in [0.29, 0.717) is 24.8 Å². The maximum Gasteiger partial charge on any atom is 0.230 e. The van der Waals surface area contributed by atoms with Gasteiger partial charge in [-0.25, -0.2) is 0 Å². The fraction of sp³-hybridized carbons (Fsp3) is 0.909. The molecule has 16 heavy (non-hydrogen) atoms. The van der Waals surface area contributed by atoms with Crippen molar-refractivity contribution >= 4 is 17.7 Å². The summed E-state index contributed by atoms with van der Waals surface area (Å²) in [6, 6.07) is 0. The molecule has 94 valence electrons. The molecular weight excluding hydrogens is 224 g/mol. The third kappa shape index (κ3) is 5.72. The van der Waals surface area contributed by atoms with Gasteiger partial charge in [-0.3, -0.25) is 4.79 Å². The molecule has 3 N–H and O–H groups in total. The van der Waals surface area contributed by atoms with E-state index in [1.807, 2.05) is 0 Å². The molecule has 0 radical (unpaired) electrons. The Morgan fingerprint density at radius 2 is 2.50 bits per heavy atom. The van der Waals surface area contributed by atoms with E-state index in [1.54, 1.807) is 11.8 Å². The lowest BCUT2D eigenvalue weighted by atomic mass is 10.2. The largest absolute Gasteiger partial charge is 0.376 e. The van der Waals surface area contributed by atoms with Crippen LogP contribution in [0.4, 0.5) is 0 Å². The summed E-state index contributed by atoms with van der Waals surface area (Å²) in [5.74, 6) is 2.06. The molecule has 0 aliphatic carbocycles. The first kappa shape index (κ1) is 13.8. The van der Waals surface area contributed by atoms with Crippen LogP contribution in [0.15, 0.2) is 0 Å². The molecule has 0 aromatic carbocycles. The van der Waals surface area contributed by atoms with Crippen molar-refractivity contribution in [1.82, 2.24) is 5.32 Å². The van der Waals surface area contributed by atoms with E-state index in [-0.39, 0.29) is 12.0 Å². The van der Waals surface area contributed by atoms with Crippen molar-refractivity contribution in [3.05, 3.63) is 0 Å². The lowest BCUT2D eigenvalue weighted by Gasteiger charge is -2.11. The van der Waals surface area contributed by atoms with E-state index in [0.717, 1.165) is 25.2 Å². The summed E-state index contributed by atoms with van der Waals surface area (Å²) in [7, 11) is 0. The second-order valence-corrected chi connectivity index (χ2v) is 5.33. The maximum absolute atomic E-state index is 11.5. The molecule has 4 nitrogen and oxygen atoms in total. The number of nitrogens with one attached hydrogen (secondary N) is 1. The second kappa shape index (κ2) is 7.92. The van der Waals surface area contributed by atoms with Crippen LogP contribution in [0.5, 0.6) is 0 Å². The highest BCUT2D eigenvalue weighted by molar-refractivity contribution is 7.99. The van der Waals surface area contributed by atoms with Gasteiger partial charge in [0.05, 0.1) is 11.9 Å². The maximum atomic E-state index is 11.5. The summed E-state index contributed by atoms with van der Waals surface area (Å²) in [6.07, 6.45) is 2.41. The quantitative estimate of drug-likeness (QED) is 0.691. The fourth-order valence-electron chi connectivity index (χ4n) is 1.50. The van der Waals surface area contributed by atoms with E-state index in [9.17, 15) is 4.79 Å². The predicted molar refractivity (Wildman–Crippen MR) is 67.5 cm³/mol. The number of amides is 1. The van der Waals surface area contributed by atoms with Gasteiger partial charge < -0.3 is 15.8 Å². The SMILES string of the molecule is CC(CN)CSCC(=O)NCC1CCCO1. The second-order valence-electron chi connectivity index (χ2n) is 4.30. The molecule has 1 aliphatic heterocycles. The van der Waals surface area contributed by atoms with Crippen LogP contribution >= 0.6 is 11.8 Å². The van der Waals surface area contributed by atoms with Gasteiger partial charge in [0.1, 0.15) is 0 Å². The van der Waals surface area contributed by atoms with Crippen LogP contribution in [0.25, 0.3) is 0 Å². The molecule has 0 spiro atoms. The summed E-state index contributed by atoms with van der Waals surface area (Å²) in [4.78, 5) is 11.5. The van der Waals surface area contributed by atoms with Crippen molar-refractivity contribution in [3.63, 3.8) is 0 Å². The van der Waals surface area contributed by atoms with Crippen LogP contribution < -0.4 is 11.1 Å². The van der Waals surface area contributed by atoms with Crippen LogP contribution in [-0.2, 0) is 9.53 Å². The van der Waals surface area contributed by atoms with E-state index in [2.05, 4.69) is 12.2 Å². The summed E-state index contributed by atoms with van der Waals surface area (Å²) < 4.78 is 5.43. The lowest BCUT2D eigenvalue weighted by molar-refractivity contribution is -0.119. The fourth-order valence-corrected chi connectivity index (χ4v) is 2.45. The van der Waals surface area contributed by atoms with Gasteiger partial charge in [-0.15, -0.1) is 0 Å². The Balaban J connectivity index is 1.97. The minimum absolute atomic E-state index is 0.102. The third-order valence-corrected chi connectivity index (χ3v) is 3.86. The van der Waals surface area contributed by atoms with E-state index in [1.165, 1.54) is 0 Å². The molecule has 2 unspecified atom stereocenters. The topological polar surface area (TPSA) is 64.4 Å². The standard InChI is InChI=1S/C11H22N2O2S/c1-9(5-12)7-16-8-11(14)13-6-10-3-2-4-15-10/h9-10H,2-8,12H2,1H3,(H,13,14). The van der Waals surface area contributed by atoms with Crippen LogP contribution in [0.3, 0.4) is 0 Å². The van der Waals surface area contributed by atoms with Gasteiger partial charge in [0.15, 0.2) is 0 Å². The van der Waals surface area contributed by atoms with Gasteiger partial charge >= 0.3 is 0 Å². The van der Waals surface area contributed by atoms with Crippen LogP contribution in [0.2, 0.25) is 0 Å². The molecule has 2 atom stereocenters. The van der Waals surface area contributed by atoms with Gasteiger partial charge in [-0.2, -0.15) is 11.8 Å². The molecule has 0 bridgehead atoms. The lowest BCUT2D eigenvalue weighted by Crippen LogP contribution is -2.33. The smallest absolute Gasteiger partial charge is 0.230 e. The highest BCUT2D eigenvalue weighted by atomic mass is 32.2. The summed E-state index contributed by atoms with van der Waals surface area (Å²) in [5.41, 5.74) is 5.50. The summed E-state index contributed by atoms with van der Waals surface area (Å²) in [5, 5.41) is 2.90. The van der Waals surface area contributed by atoms with Crippen molar-refractivity contribution in [2.24, 2.45) is 11.7 Å². The highest BCUT2D eigenvalue weighted by Crippen LogP contribution is 2.11. The van der Waals surface area contributed by atoms with Crippen molar-refractivity contribution in [2.75, 3.05) is 31.2 Å². The Kier molecular flexibility index (Phi) is 6.84. The number of carbonyl (C=O) groups excluding carboxylic acids is 1. The summed E-state index contributed by atoms with van der Waals surface area (Å²) >= 11 is 1.64. The Morgan fingerprint density at radius 3 is 3.12 bits per heavy atom. The average Bonchev–Trinajstić information content (AvgIpc) is 2.79. The Bertz CT molecular complexity index is 208. The van der Waals surface area contributed by atoms with E-state index >= 15 is 0 Å². The first-order valence-corrected chi connectivity index (χ1v) is 7.04. The minimum Gasteiger partial charge on any atom is -0.376 e. The van der Waals surface area contributed by atoms with Crippen LogP contribution in [0.1, 0.15) is 19.8 Å². The molecule has 0 aromatic heterocycles. The van der Waals surface area contributed by atoms with Gasteiger partial charge in [-0.05, 0) is 31.1 Å². The van der Waals surface area contributed by atoms with Crippen LogP contribution in [-0.4, -0.2) is 43.2 Å². The van der Waals surface area contributed by atoms with Gasteiger partial charge in [0, 0.05) is 13.2 Å². The first-order valence-electron chi connectivity index (χ1n) is 5.88. The summed E-state index contributed by atoms with van der Waals surface area (Å²) in [6.45, 7) is 4.27. The number of thioether (sulfide) groups is 1. The van der Waals surface area contributed by atoms with Crippen molar-refractivity contribution < 1.29 is 9.53 Å². The molecule has 1 amide bonds. The number of rotatable bonds is 7. The number of carbonyl (C=O) groups is 1. The molecule has 1 heterocycles. The zero-order valence-electron chi connectivity index (χ0n) is 9.91. The molecule has 1 saturated heterocycles. The van der Waals surface area contributed by atoms with Gasteiger partial charge in [-0.1, -0.05) is 6.92 Å². The number of hydrogen-bond donors (Lipinski definition) is 2. The number of ether oxygens (including phenoxy) is 1. The number of nitrogens with two attached hydrogens (primary N) is 1. The minimum atomic E-state index is 0.102. The molecule has 1 aliphatic rings. The molecule has 1 fully saturated rings. The molecule has 0 saturated carbocycles. The van der Waals surface area contributed by atoms with Crippen LogP contribution in [0, 0.1) is 5.92 Å². The zero-order valence-corrected chi connectivity index (χ0v) is 10.7. The normalized spacial score (nSPS) is 22.0. The molecule has 1 rings (SSSR count).